The van der Waals surface area contributed by atoms with E-state index < -0.39 is 38.1 Å². The normalized spacial score (nSPS) is 24.3. The van der Waals surface area contributed by atoms with E-state index >= 15 is 0 Å². The number of allylic oxidation sites excluding steroid dienone is 2. The van der Waals surface area contributed by atoms with Crippen molar-refractivity contribution in [2.45, 2.75) is 18.9 Å². The molecule has 0 aliphatic heterocycles. The number of nitrogens with zero attached hydrogens (tertiary/aromatic N) is 3. The van der Waals surface area contributed by atoms with Crippen molar-refractivity contribution in [3.05, 3.63) is 53.9 Å². The molecule has 9 heteroatoms. The van der Waals surface area contributed by atoms with Gasteiger partial charge in [0, 0.05) is 24.0 Å². The number of hydrogen-bond acceptors (Lipinski definition) is 6. The van der Waals surface area contributed by atoms with E-state index in [4.69, 9.17) is 0 Å². The van der Waals surface area contributed by atoms with Crippen molar-refractivity contribution in [1.82, 2.24) is 0 Å². The molecule has 0 aromatic heterocycles. The molecule has 0 bridgehead atoms. The summed E-state index contributed by atoms with van der Waals surface area (Å²) in [7, 11) is 0. The molecule has 1 rings (SSSR count). The molecule has 0 aromatic rings. The first-order valence-corrected chi connectivity index (χ1v) is 4.13. The van der Waals surface area contributed by atoms with Crippen molar-refractivity contribution in [3.8, 4) is 0 Å². The van der Waals surface area contributed by atoms with Crippen molar-refractivity contribution >= 4 is 0 Å². The van der Waals surface area contributed by atoms with Crippen molar-refractivity contribution in [3.63, 3.8) is 0 Å². The fourth-order valence-electron chi connectivity index (χ4n) is 1.40. The predicted molar refractivity (Wildman–Crippen MR) is 50.2 cm³/mol. The van der Waals surface area contributed by atoms with E-state index in [0.29, 0.717) is 0 Å². The molecule has 0 heterocycles. The first-order valence-electron chi connectivity index (χ1n) is 4.13. The standard InChI is InChI=1S/C7H7N3O6/c1-7(10(15)16)4-5(8(11)12)2-3-6(7)9(13)14/h2-3H,4H2,1H3. The lowest BCUT2D eigenvalue weighted by atomic mass is 9.89. The van der Waals surface area contributed by atoms with Gasteiger partial charge in [0.25, 0.3) is 5.70 Å². The Bertz CT molecular complexity index is 439. The van der Waals surface area contributed by atoms with Crippen molar-refractivity contribution in [1.29, 1.82) is 0 Å². The van der Waals surface area contributed by atoms with Crippen molar-refractivity contribution < 1.29 is 14.8 Å². The van der Waals surface area contributed by atoms with E-state index in [1.807, 2.05) is 0 Å². The molecule has 16 heavy (non-hydrogen) atoms. The Kier molecular flexibility index (Phi) is 2.70. The average molecular weight is 229 g/mol. The molecular formula is C7H7N3O6. The van der Waals surface area contributed by atoms with E-state index in [9.17, 15) is 30.3 Å². The molecule has 0 N–H and O–H groups in total. The van der Waals surface area contributed by atoms with Crippen LogP contribution in [-0.4, -0.2) is 20.3 Å². The summed E-state index contributed by atoms with van der Waals surface area (Å²) in [6.07, 6.45) is 1.13. The van der Waals surface area contributed by atoms with Crippen LogP contribution in [0.4, 0.5) is 0 Å². The van der Waals surface area contributed by atoms with Gasteiger partial charge in [0.15, 0.2) is 0 Å². The summed E-state index contributed by atoms with van der Waals surface area (Å²) in [4.78, 5) is 29.3. The molecule has 1 aliphatic rings. The van der Waals surface area contributed by atoms with E-state index in [0.717, 1.165) is 19.1 Å². The van der Waals surface area contributed by atoms with Gasteiger partial charge in [0.05, 0.1) is 9.85 Å². The summed E-state index contributed by atoms with van der Waals surface area (Å²) in [5.74, 6) is 0. The van der Waals surface area contributed by atoms with Crippen LogP contribution >= 0.6 is 0 Å². The molecule has 0 spiro atoms. The van der Waals surface area contributed by atoms with Crippen LogP contribution in [0.1, 0.15) is 13.3 Å². The lowest BCUT2D eigenvalue weighted by Gasteiger charge is -2.18. The van der Waals surface area contributed by atoms with Crippen molar-refractivity contribution in [2.75, 3.05) is 0 Å². The topological polar surface area (TPSA) is 129 Å². The summed E-state index contributed by atoms with van der Waals surface area (Å²) in [6.45, 7) is 0.998. The molecule has 9 nitrogen and oxygen atoms in total. The second-order valence-corrected chi connectivity index (χ2v) is 3.43. The van der Waals surface area contributed by atoms with Gasteiger partial charge in [0.2, 0.25) is 0 Å². The molecule has 0 amide bonds. The Morgan fingerprint density at radius 1 is 1.12 bits per heavy atom. The Morgan fingerprint density at radius 3 is 2.06 bits per heavy atom. The minimum absolute atomic E-state index is 0.412. The summed E-state index contributed by atoms with van der Waals surface area (Å²) in [5.41, 5.74) is -3.12. The van der Waals surface area contributed by atoms with Crippen LogP contribution < -0.4 is 0 Å². The molecular weight excluding hydrogens is 222 g/mol. The van der Waals surface area contributed by atoms with Gasteiger partial charge in [-0.3, -0.25) is 30.3 Å². The van der Waals surface area contributed by atoms with Crippen molar-refractivity contribution in [2.24, 2.45) is 0 Å². The lowest BCUT2D eigenvalue weighted by Crippen LogP contribution is -2.42. The van der Waals surface area contributed by atoms with Gasteiger partial charge in [-0.25, -0.2) is 0 Å². The highest BCUT2D eigenvalue weighted by atomic mass is 16.6. The SMILES string of the molecule is CC1([N+](=O)[O-])CC([N+](=O)[O-])=CC=C1[N+](=O)[O-]. The van der Waals surface area contributed by atoms with Gasteiger partial charge in [-0.15, -0.1) is 0 Å². The van der Waals surface area contributed by atoms with Crippen LogP contribution in [0.25, 0.3) is 0 Å². The van der Waals surface area contributed by atoms with Crippen LogP contribution in [0.15, 0.2) is 23.5 Å². The van der Waals surface area contributed by atoms with Crippen LogP contribution in [0.3, 0.4) is 0 Å². The van der Waals surface area contributed by atoms with E-state index in [1.54, 1.807) is 0 Å². The average Bonchev–Trinajstić information content (AvgIpc) is 2.16. The van der Waals surface area contributed by atoms with Crippen LogP contribution in [0, 0.1) is 30.3 Å². The molecule has 0 saturated heterocycles. The number of hydrogen-bond donors (Lipinski definition) is 0. The van der Waals surface area contributed by atoms with Gasteiger partial charge >= 0.3 is 11.2 Å². The summed E-state index contributed by atoms with van der Waals surface area (Å²) in [5, 5.41) is 31.8. The van der Waals surface area contributed by atoms with Crippen LogP contribution in [-0.2, 0) is 0 Å². The van der Waals surface area contributed by atoms with Crippen LogP contribution in [0.5, 0.6) is 0 Å². The second kappa shape index (κ2) is 3.68. The third-order valence-electron chi connectivity index (χ3n) is 2.34. The Balaban J connectivity index is 3.27. The quantitative estimate of drug-likeness (QED) is 0.518. The van der Waals surface area contributed by atoms with Crippen LogP contribution in [0.2, 0.25) is 0 Å². The summed E-state index contributed by atoms with van der Waals surface area (Å²) >= 11 is 0. The van der Waals surface area contributed by atoms with Gasteiger partial charge < -0.3 is 0 Å². The van der Waals surface area contributed by atoms with Gasteiger partial charge in [-0.05, 0) is 0 Å². The second-order valence-electron chi connectivity index (χ2n) is 3.43. The highest BCUT2D eigenvalue weighted by Crippen LogP contribution is 2.32. The maximum Gasteiger partial charge on any atom is 0.323 e. The monoisotopic (exact) mass is 229 g/mol. The van der Waals surface area contributed by atoms with Gasteiger partial charge in [-0.1, -0.05) is 0 Å². The van der Waals surface area contributed by atoms with Gasteiger partial charge in [0.1, 0.15) is 6.42 Å². The Labute approximate surface area is 88.5 Å². The zero-order valence-electron chi connectivity index (χ0n) is 8.15. The van der Waals surface area contributed by atoms with E-state index in [-0.39, 0.29) is 0 Å². The molecule has 1 atom stereocenters. The zero-order chi connectivity index (χ0) is 12.5. The third-order valence-corrected chi connectivity index (χ3v) is 2.34. The maximum atomic E-state index is 10.8. The molecule has 1 unspecified atom stereocenters. The molecule has 0 radical (unpaired) electrons. The molecule has 1 aliphatic carbocycles. The highest BCUT2D eigenvalue weighted by Gasteiger charge is 2.54. The first kappa shape index (κ1) is 11.8. The minimum Gasteiger partial charge on any atom is -0.263 e. The summed E-state index contributed by atoms with van der Waals surface area (Å²) < 4.78 is 0. The van der Waals surface area contributed by atoms with Gasteiger partial charge in [-0.2, -0.15) is 0 Å². The largest absolute Gasteiger partial charge is 0.323 e. The fourth-order valence-corrected chi connectivity index (χ4v) is 1.40. The molecule has 0 fully saturated rings. The molecule has 86 valence electrons. The Morgan fingerprint density at radius 2 is 1.69 bits per heavy atom. The fraction of sp³-hybridized carbons (Fsp3) is 0.429. The summed E-state index contributed by atoms with van der Waals surface area (Å²) in [6, 6.07) is 0. The number of nitro groups is 3. The predicted octanol–water partition coefficient (Wildman–Crippen LogP) is 0.747. The van der Waals surface area contributed by atoms with E-state index in [1.165, 1.54) is 0 Å². The van der Waals surface area contributed by atoms with E-state index in [2.05, 4.69) is 0 Å². The number of rotatable bonds is 3. The smallest absolute Gasteiger partial charge is 0.263 e. The molecule has 0 aromatic carbocycles. The highest BCUT2D eigenvalue weighted by molar-refractivity contribution is 5.25. The Hall–Kier alpha value is -2.32. The first-order chi connectivity index (χ1) is 7.29. The lowest BCUT2D eigenvalue weighted by molar-refractivity contribution is -0.597. The minimum atomic E-state index is -2.05. The maximum absolute atomic E-state index is 10.8. The third kappa shape index (κ3) is 1.74. The molecule has 0 saturated carbocycles. The zero-order valence-corrected chi connectivity index (χ0v) is 8.15.